The van der Waals surface area contributed by atoms with Crippen molar-refractivity contribution in [2.45, 2.75) is 51.4 Å². The van der Waals surface area contributed by atoms with E-state index in [0.29, 0.717) is 17.5 Å². The van der Waals surface area contributed by atoms with E-state index >= 15 is 0 Å². The van der Waals surface area contributed by atoms with E-state index in [0.717, 1.165) is 33.3 Å². The second-order valence-corrected chi connectivity index (χ2v) is 16.4. The van der Waals surface area contributed by atoms with Crippen molar-refractivity contribution in [3.8, 4) is 51.0 Å². The Labute approximate surface area is 322 Å². The van der Waals surface area contributed by atoms with Gasteiger partial charge in [-0.05, 0) is 93.1 Å². The fourth-order valence-corrected chi connectivity index (χ4v) is 8.61. The Bertz CT molecular complexity index is 2900. The minimum absolute atomic E-state index is 0.116. The van der Waals surface area contributed by atoms with E-state index in [2.05, 4.69) is 166 Å². The monoisotopic (exact) mass is 710 g/mol. The van der Waals surface area contributed by atoms with E-state index in [9.17, 15) is 0 Å². The van der Waals surface area contributed by atoms with Crippen molar-refractivity contribution in [2.75, 3.05) is 0 Å². The van der Waals surface area contributed by atoms with E-state index in [-0.39, 0.29) is 10.8 Å². The van der Waals surface area contributed by atoms with Crippen LogP contribution in [0, 0.1) is 0 Å². The molecule has 1 aliphatic carbocycles. The fourth-order valence-electron chi connectivity index (χ4n) is 8.61. The van der Waals surface area contributed by atoms with Gasteiger partial charge in [0.15, 0.2) is 17.5 Å². The number of hydrogen-bond acceptors (Lipinski definition) is 3. The molecule has 0 N–H and O–H groups in total. The molecule has 0 unspecified atom stereocenters. The molecule has 0 fully saturated rings. The maximum absolute atomic E-state index is 5.10. The van der Waals surface area contributed by atoms with Crippen molar-refractivity contribution in [1.82, 2.24) is 19.5 Å². The Morgan fingerprint density at radius 1 is 0.400 bits per heavy atom. The Morgan fingerprint density at radius 3 is 1.60 bits per heavy atom. The van der Waals surface area contributed by atoms with Crippen molar-refractivity contribution in [3.63, 3.8) is 0 Å². The summed E-state index contributed by atoms with van der Waals surface area (Å²) in [5, 5.41) is 4.91. The van der Waals surface area contributed by atoms with Gasteiger partial charge in [-0.15, -0.1) is 0 Å². The lowest BCUT2D eigenvalue weighted by molar-refractivity contribution is 0.332. The molecule has 9 aromatic rings. The molecule has 2 heterocycles. The molecule has 7 aromatic carbocycles. The van der Waals surface area contributed by atoms with Crippen molar-refractivity contribution in [2.24, 2.45) is 0 Å². The van der Waals surface area contributed by atoms with Gasteiger partial charge in [-0.2, -0.15) is 0 Å². The van der Waals surface area contributed by atoms with Crippen molar-refractivity contribution in [3.05, 3.63) is 169 Å². The molecule has 266 valence electrons. The van der Waals surface area contributed by atoms with Gasteiger partial charge in [-0.3, -0.25) is 0 Å². The zero-order valence-corrected chi connectivity index (χ0v) is 31.7. The molecule has 0 atom stereocenters. The van der Waals surface area contributed by atoms with Gasteiger partial charge in [0.25, 0.3) is 0 Å². The van der Waals surface area contributed by atoms with Crippen LogP contribution in [-0.2, 0) is 10.8 Å². The standard InChI is InChI=1S/C51H42N4/c1-50(2)27-28-51(3,4)44-32-46-42(31-43(44)50)41-17-11-12-18-45(41)55(46)40-26-25-35-21-24-38(29-39(35)30-40)49-53-47(36-15-9-6-10-16-36)52-48(54-49)37-22-19-34(20-23-37)33-13-7-5-8-14-33/h5-26,29-32H,27-28H2,1-4H3. The molecule has 0 saturated carbocycles. The summed E-state index contributed by atoms with van der Waals surface area (Å²) in [6, 6.07) is 56.3. The van der Waals surface area contributed by atoms with Crippen LogP contribution in [0.4, 0.5) is 0 Å². The van der Waals surface area contributed by atoms with Crippen LogP contribution in [0.1, 0.15) is 51.7 Å². The Balaban J connectivity index is 1.12. The third-order valence-corrected chi connectivity index (χ3v) is 11.9. The average molecular weight is 711 g/mol. The van der Waals surface area contributed by atoms with Gasteiger partial charge >= 0.3 is 0 Å². The lowest BCUT2D eigenvalue weighted by atomic mass is 9.63. The molecule has 0 amide bonds. The molecular weight excluding hydrogens is 669 g/mol. The number of aromatic nitrogens is 4. The Hall–Kier alpha value is -6.39. The lowest BCUT2D eigenvalue weighted by Crippen LogP contribution is -2.33. The fraction of sp³-hybridized carbons (Fsp3) is 0.157. The van der Waals surface area contributed by atoms with Crippen molar-refractivity contribution >= 4 is 32.6 Å². The molecule has 55 heavy (non-hydrogen) atoms. The smallest absolute Gasteiger partial charge is 0.164 e. The van der Waals surface area contributed by atoms with Crippen LogP contribution in [0.5, 0.6) is 0 Å². The van der Waals surface area contributed by atoms with Crippen LogP contribution >= 0.6 is 0 Å². The zero-order valence-electron chi connectivity index (χ0n) is 31.7. The van der Waals surface area contributed by atoms with E-state index in [1.165, 1.54) is 56.7 Å². The molecule has 0 bridgehead atoms. The molecule has 0 saturated heterocycles. The van der Waals surface area contributed by atoms with Gasteiger partial charge in [-0.25, -0.2) is 15.0 Å². The summed E-state index contributed by atoms with van der Waals surface area (Å²) in [4.78, 5) is 15.2. The summed E-state index contributed by atoms with van der Waals surface area (Å²) in [7, 11) is 0. The van der Waals surface area contributed by atoms with Gasteiger partial charge in [0.05, 0.1) is 11.0 Å². The maximum Gasteiger partial charge on any atom is 0.164 e. The topological polar surface area (TPSA) is 43.6 Å². The predicted octanol–water partition coefficient (Wildman–Crippen LogP) is 13.1. The van der Waals surface area contributed by atoms with Crippen LogP contribution in [0.15, 0.2) is 158 Å². The largest absolute Gasteiger partial charge is 0.309 e. The highest BCUT2D eigenvalue weighted by Gasteiger charge is 2.37. The normalized spacial score (nSPS) is 14.7. The lowest BCUT2D eigenvalue weighted by Gasteiger charge is -2.42. The second-order valence-electron chi connectivity index (χ2n) is 16.4. The number of benzene rings is 7. The first kappa shape index (κ1) is 33.2. The summed E-state index contributed by atoms with van der Waals surface area (Å²) >= 11 is 0. The molecule has 10 rings (SSSR count). The summed E-state index contributed by atoms with van der Waals surface area (Å²) in [6.45, 7) is 9.64. The van der Waals surface area contributed by atoms with Crippen LogP contribution in [0.25, 0.3) is 83.6 Å². The molecule has 0 aliphatic heterocycles. The van der Waals surface area contributed by atoms with Crippen molar-refractivity contribution in [1.29, 1.82) is 0 Å². The van der Waals surface area contributed by atoms with Crippen LogP contribution in [-0.4, -0.2) is 19.5 Å². The van der Waals surface area contributed by atoms with Crippen LogP contribution in [0.2, 0.25) is 0 Å². The van der Waals surface area contributed by atoms with Gasteiger partial charge in [0, 0.05) is 33.2 Å². The maximum atomic E-state index is 5.10. The molecule has 4 nitrogen and oxygen atoms in total. The minimum Gasteiger partial charge on any atom is -0.309 e. The Kier molecular flexibility index (Phi) is 7.60. The van der Waals surface area contributed by atoms with Gasteiger partial charge in [-0.1, -0.05) is 149 Å². The van der Waals surface area contributed by atoms with Gasteiger partial charge < -0.3 is 4.57 Å². The molecule has 1 aliphatic rings. The van der Waals surface area contributed by atoms with E-state index in [1.807, 2.05) is 24.3 Å². The first-order valence-corrected chi connectivity index (χ1v) is 19.3. The SMILES string of the molecule is CC1(C)CCC(C)(C)c2cc3c(cc21)c1ccccc1n3-c1ccc2ccc(-c3nc(-c4ccccc4)nc(-c4ccc(-c5ccccc5)cc4)n3)cc2c1. The first-order valence-electron chi connectivity index (χ1n) is 19.3. The number of nitrogens with zero attached hydrogens (tertiary/aromatic N) is 4. The summed E-state index contributed by atoms with van der Waals surface area (Å²) in [5.41, 5.74) is 12.0. The summed E-state index contributed by atoms with van der Waals surface area (Å²) in [5.74, 6) is 1.95. The number of rotatable bonds is 5. The summed E-state index contributed by atoms with van der Waals surface area (Å²) < 4.78 is 2.46. The molecule has 0 radical (unpaired) electrons. The highest BCUT2D eigenvalue weighted by Crippen LogP contribution is 2.48. The zero-order chi connectivity index (χ0) is 37.3. The third kappa shape index (κ3) is 5.72. The van der Waals surface area contributed by atoms with Crippen LogP contribution in [0.3, 0.4) is 0 Å². The van der Waals surface area contributed by atoms with Gasteiger partial charge in [0.2, 0.25) is 0 Å². The number of para-hydroxylation sites is 1. The third-order valence-electron chi connectivity index (χ3n) is 11.9. The number of fused-ring (bicyclic) bond motifs is 5. The highest BCUT2D eigenvalue weighted by molar-refractivity contribution is 6.10. The minimum atomic E-state index is 0.116. The van der Waals surface area contributed by atoms with Crippen molar-refractivity contribution < 1.29 is 0 Å². The number of hydrogen-bond donors (Lipinski definition) is 0. The second kappa shape index (κ2) is 12.6. The molecule has 0 spiro atoms. The highest BCUT2D eigenvalue weighted by atomic mass is 15.0. The quantitative estimate of drug-likeness (QED) is 0.179. The van der Waals surface area contributed by atoms with Gasteiger partial charge in [0.1, 0.15) is 0 Å². The Morgan fingerprint density at radius 2 is 0.909 bits per heavy atom. The molecular formula is C51H42N4. The summed E-state index contributed by atoms with van der Waals surface area (Å²) in [6.07, 6.45) is 2.38. The molecule has 4 heteroatoms. The van der Waals surface area contributed by atoms with Crippen LogP contribution < -0.4 is 0 Å². The van der Waals surface area contributed by atoms with E-state index in [4.69, 9.17) is 15.0 Å². The predicted molar refractivity (Wildman–Crippen MR) is 229 cm³/mol. The van der Waals surface area contributed by atoms with E-state index < -0.39 is 0 Å². The average Bonchev–Trinajstić information content (AvgIpc) is 3.56. The first-order chi connectivity index (χ1) is 26.7. The van der Waals surface area contributed by atoms with E-state index in [1.54, 1.807) is 0 Å². The molecule has 2 aromatic heterocycles.